The lowest BCUT2D eigenvalue weighted by molar-refractivity contribution is 0.230. The SMILES string of the molecule is Cc1cc(C)c(C)c(C(C)CN2CCNCC2)c1C. The highest BCUT2D eigenvalue weighted by Gasteiger charge is 2.18. The Bertz CT molecular complexity index is 419. The molecule has 1 aliphatic heterocycles. The molecule has 1 fully saturated rings. The van der Waals surface area contributed by atoms with Crippen molar-refractivity contribution in [3.05, 3.63) is 33.9 Å². The van der Waals surface area contributed by atoms with E-state index in [-0.39, 0.29) is 0 Å². The Hall–Kier alpha value is -0.860. The Kier molecular flexibility index (Phi) is 4.64. The quantitative estimate of drug-likeness (QED) is 0.899. The summed E-state index contributed by atoms with van der Waals surface area (Å²) in [4.78, 5) is 2.59. The third kappa shape index (κ3) is 3.18. The van der Waals surface area contributed by atoms with Gasteiger partial charge in [0.05, 0.1) is 0 Å². The summed E-state index contributed by atoms with van der Waals surface area (Å²) < 4.78 is 0. The predicted octanol–water partition coefficient (Wildman–Crippen LogP) is 2.93. The molecule has 0 spiro atoms. The number of hydrogen-bond acceptors (Lipinski definition) is 2. The van der Waals surface area contributed by atoms with Gasteiger partial charge in [-0.25, -0.2) is 0 Å². The van der Waals surface area contributed by atoms with E-state index in [1.165, 1.54) is 41.9 Å². The molecule has 0 radical (unpaired) electrons. The second kappa shape index (κ2) is 6.06. The lowest BCUT2D eigenvalue weighted by atomic mass is 9.86. The molecule has 1 N–H and O–H groups in total. The van der Waals surface area contributed by atoms with Crippen LogP contribution >= 0.6 is 0 Å². The fraction of sp³-hybridized carbons (Fsp3) is 0.647. The molecule has 0 amide bonds. The molecule has 1 unspecified atom stereocenters. The fourth-order valence-corrected chi connectivity index (χ4v) is 3.36. The van der Waals surface area contributed by atoms with Crippen LogP contribution < -0.4 is 5.32 Å². The van der Waals surface area contributed by atoms with Crippen LogP contribution in [0.25, 0.3) is 0 Å². The molecule has 0 aromatic heterocycles. The molecule has 1 aromatic rings. The highest BCUT2D eigenvalue weighted by molar-refractivity contribution is 5.45. The van der Waals surface area contributed by atoms with E-state index in [1.54, 1.807) is 5.56 Å². The minimum atomic E-state index is 0.622. The number of benzene rings is 1. The molecular formula is C17H28N2. The van der Waals surface area contributed by atoms with E-state index in [0.717, 1.165) is 13.1 Å². The maximum atomic E-state index is 3.43. The summed E-state index contributed by atoms with van der Waals surface area (Å²) in [5.74, 6) is 0.622. The van der Waals surface area contributed by atoms with Gasteiger partial charge in [0.25, 0.3) is 0 Å². The Morgan fingerprint density at radius 3 is 2.11 bits per heavy atom. The van der Waals surface area contributed by atoms with Gasteiger partial charge in [-0.2, -0.15) is 0 Å². The first-order chi connectivity index (χ1) is 9.00. The van der Waals surface area contributed by atoms with Gasteiger partial charge in [0, 0.05) is 32.7 Å². The van der Waals surface area contributed by atoms with E-state index in [4.69, 9.17) is 0 Å². The van der Waals surface area contributed by atoms with Crippen molar-refractivity contribution in [1.82, 2.24) is 10.2 Å². The second-order valence-electron chi connectivity index (χ2n) is 6.13. The van der Waals surface area contributed by atoms with Crippen molar-refractivity contribution in [2.24, 2.45) is 0 Å². The minimum absolute atomic E-state index is 0.622. The van der Waals surface area contributed by atoms with E-state index >= 15 is 0 Å². The van der Waals surface area contributed by atoms with Crippen LogP contribution in [0.5, 0.6) is 0 Å². The summed E-state index contributed by atoms with van der Waals surface area (Å²) in [6.45, 7) is 17.3. The van der Waals surface area contributed by atoms with Crippen LogP contribution in [0.1, 0.15) is 40.7 Å². The number of nitrogens with zero attached hydrogens (tertiary/aromatic N) is 1. The Morgan fingerprint density at radius 1 is 1.05 bits per heavy atom. The molecule has 1 heterocycles. The topological polar surface area (TPSA) is 15.3 Å². The van der Waals surface area contributed by atoms with Gasteiger partial charge in [0.15, 0.2) is 0 Å². The first-order valence-electron chi connectivity index (χ1n) is 7.51. The number of piperazine rings is 1. The summed E-state index contributed by atoms with van der Waals surface area (Å²) >= 11 is 0. The Morgan fingerprint density at radius 2 is 1.58 bits per heavy atom. The second-order valence-corrected chi connectivity index (χ2v) is 6.13. The Labute approximate surface area is 118 Å². The first kappa shape index (κ1) is 14.5. The number of aryl methyl sites for hydroxylation is 2. The molecule has 1 aromatic carbocycles. The van der Waals surface area contributed by atoms with Gasteiger partial charge < -0.3 is 10.2 Å². The molecule has 0 bridgehead atoms. The fourth-order valence-electron chi connectivity index (χ4n) is 3.36. The van der Waals surface area contributed by atoms with Gasteiger partial charge in [0.1, 0.15) is 0 Å². The van der Waals surface area contributed by atoms with Crippen molar-refractivity contribution >= 4 is 0 Å². The predicted molar refractivity (Wildman–Crippen MR) is 83.1 cm³/mol. The average Bonchev–Trinajstić information content (AvgIpc) is 2.38. The highest BCUT2D eigenvalue weighted by atomic mass is 15.2. The zero-order valence-electron chi connectivity index (χ0n) is 13.1. The number of nitrogens with one attached hydrogen (secondary N) is 1. The van der Waals surface area contributed by atoms with Crippen molar-refractivity contribution in [1.29, 1.82) is 0 Å². The van der Waals surface area contributed by atoms with Gasteiger partial charge in [0.2, 0.25) is 0 Å². The highest BCUT2D eigenvalue weighted by Crippen LogP contribution is 2.29. The largest absolute Gasteiger partial charge is 0.314 e. The molecule has 2 heteroatoms. The smallest absolute Gasteiger partial charge is 0.0108 e. The number of rotatable bonds is 3. The summed E-state index contributed by atoms with van der Waals surface area (Å²) in [5.41, 5.74) is 7.43. The standard InChI is InChI=1S/C17H28N2/c1-12-10-13(2)16(5)17(15(12)4)14(3)11-19-8-6-18-7-9-19/h10,14,18H,6-9,11H2,1-5H3. The molecule has 0 saturated carbocycles. The molecule has 1 aliphatic rings. The zero-order chi connectivity index (χ0) is 14.0. The van der Waals surface area contributed by atoms with Crippen LogP contribution in [0.15, 0.2) is 6.07 Å². The van der Waals surface area contributed by atoms with Gasteiger partial charge >= 0.3 is 0 Å². The van der Waals surface area contributed by atoms with Gasteiger partial charge in [-0.15, -0.1) is 0 Å². The van der Waals surface area contributed by atoms with Crippen molar-refractivity contribution in [2.75, 3.05) is 32.7 Å². The van der Waals surface area contributed by atoms with Crippen LogP contribution in [0, 0.1) is 27.7 Å². The van der Waals surface area contributed by atoms with E-state index in [0.29, 0.717) is 5.92 Å². The third-order valence-electron chi connectivity index (χ3n) is 4.66. The normalized spacial score (nSPS) is 18.6. The van der Waals surface area contributed by atoms with Crippen LogP contribution in [0.3, 0.4) is 0 Å². The van der Waals surface area contributed by atoms with E-state index < -0.39 is 0 Å². The zero-order valence-corrected chi connectivity index (χ0v) is 13.1. The van der Waals surface area contributed by atoms with Gasteiger partial charge in [-0.1, -0.05) is 13.0 Å². The minimum Gasteiger partial charge on any atom is -0.314 e. The van der Waals surface area contributed by atoms with Crippen LogP contribution in [0.4, 0.5) is 0 Å². The van der Waals surface area contributed by atoms with Gasteiger partial charge in [-0.3, -0.25) is 0 Å². The van der Waals surface area contributed by atoms with Crippen LogP contribution in [0.2, 0.25) is 0 Å². The molecule has 19 heavy (non-hydrogen) atoms. The number of hydrogen-bond donors (Lipinski definition) is 1. The summed E-state index contributed by atoms with van der Waals surface area (Å²) in [6, 6.07) is 2.33. The van der Waals surface area contributed by atoms with Crippen LogP contribution in [-0.2, 0) is 0 Å². The van der Waals surface area contributed by atoms with E-state index in [2.05, 4.69) is 50.9 Å². The van der Waals surface area contributed by atoms with Crippen LogP contribution in [-0.4, -0.2) is 37.6 Å². The molecule has 0 aliphatic carbocycles. The van der Waals surface area contributed by atoms with E-state index in [1.807, 2.05) is 0 Å². The molecule has 1 saturated heterocycles. The summed E-state index contributed by atoms with van der Waals surface area (Å²) in [6.07, 6.45) is 0. The lowest BCUT2D eigenvalue weighted by Crippen LogP contribution is -2.44. The van der Waals surface area contributed by atoms with Crippen molar-refractivity contribution < 1.29 is 0 Å². The molecule has 106 valence electrons. The first-order valence-corrected chi connectivity index (χ1v) is 7.51. The third-order valence-corrected chi connectivity index (χ3v) is 4.66. The van der Waals surface area contributed by atoms with Crippen molar-refractivity contribution in [3.63, 3.8) is 0 Å². The maximum Gasteiger partial charge on any atom is 0.0108 e. The molecule has 2 nitrogen and oxygen atoms in total. The molecule has 1 atom stereocenters. The van der Waals surface area contributed by atoms with Crippen molar-refractivity contribution in [3.8, 4) is 0 Å². The summed E-state index contributed by atoms with van der Waals surface area (Å²) in [5, 5.41) is 3.43. The van der Waals surface area contributed by atoms with Crippen molar-refractivity contribution in [2.45, 2.75) is 40.5 Å². The average molecular weight is 260 g/mol. The lowest BCUT2D eigenvalue weighted by Gasteiger charge is -2.31. The van der Waals surface area contributed by atoms with Gasteiger partial charge in [-0.05, 0) is 61.4 Å². The molecule has 2 rings (SSSR count). The van der Waals surface area contributed by atoms with E-state index in [9.17, 15) is 0 Å². The summed E-state index contributed by atoms with van der Waals surface area (Å²) in [7, 11) is 0. The molecular weight excluding hydrogens is 232 g/mol. The Balaban J connectivity index is 2.20. The monoisotopic (exact) mass is 260 g/mol. The maximum absolute atomic E-state index is 3.43.